The number of likely N-dealkylation sites (tertiary alicyclic amines) is 1. The second-order valence-electron chi connectivity index (χ2n) is 25.8. The summed E-state index contributed by atoms with van der Waals surface area (Å²) in [6.45, 7) is 27.1. The minimum absolute atomic E-state index is 0.00215. The van der Waals surface area contributed by atoms with Crippen LogP contribution in [0.5, 0.6) is 0 Å². The van der Waals surface area contributed by atoms with E-state index in [0.29, 0.717) is 38.9 Å². The standard InChI is InChI=1S/C62H113N11O13/c1-16-19-20-21-24-40(8)34-48(55(81)68-47(32-39(6)7)56(82)71-62(14,15)60(86)70-46(31-38(4)5)54(80)64-27-26-51(77)65-42(10)37-63-28-30-74)67-53(79)43(11)66-59(85)61(12,13)72-57(83)49(35-41(9)33-45(76)36-44(75)18-3)69-58(84)50-25-22-29-73(50)52(78)23-17-2/h38-43,45-50,63,74,76H,16-37H2,1-15H3,(H,64,80)(H,65,77)(H,66,85)(H,67,79)(H,68,81)(H,69,84)(H,70,86)(H,71,82)(H,72,83)/t40?,41?,42?,43-,45?,46-,47-,48-,49-,50-/m0/s1. The Morgan fingerprint density at radius 1 is 0.570 bits per heavy atom. The molecular formula is C62H113N11O13. The van der Waals surface area contributed by atoms with Gasteiger partial charge in [0.1, 0.15) is 53.1 Å². The van der Waals surface area contributed by atoms with E-state index in [1.54, 1.807) is 20.8 Å². The van der Waals surface area contributed by atoms with Crippen molar-refractivity contribution in [1.29, 1.82) is 0 Å². The average molecular weight is 1220 g/mol. The van der Waals surface area contributed by atoms with Gasteiger partial charge in [-0.05, 0) is 117 Å². The van der Waals surface area contributed by atoms with Crippen LogP contribution in [-0.2, 0) is 52.7 Å². The highest BCUT2D eigenvalue weighted by atomic mass is 16.3. The lowest BCUT2D eigenvalue weighted by atomic mass is 9.92. The quantitative estimate of drug-likeness (QED) is 0.0391. The number of amides is 10. The second kappa shape index (κ2) is 39.9. The number of carbonyl (C=O) groups is 11. The van der Waals surface area contributed by atoms with Gasteiger partial charge in [-0.2, -0.15) is 0 Å². The molecule has 494 valence electrons. The van der Waals surface area contributed by atoms with Gasteiger partial charge < -0.3 is 68.3 Å². The van der Waals surface area contributed by atoms with Crippen LogP contribution < -0.4 is 53.2 Å². The topological polar surface area (TPSA) is 352 Å². The number of nitrogens with one attached hydrogen (secondary N) is 10. The highest BCUT2D eigenvalue weighted by molar-refractivity contribution is 5.99. The Kier molecular flexibility index (Phi) is 36.3. The van der Waals surface area contributed by atoms with Crippen LogP contribution in [0, 0.1) is 23.7 Å². The summed E-state index contributed by atoms with van der Waals surface area (Å²) in [7, 11) is 0. The molecule has 1 aliphatic rings. The Morgan fingerprint density at radius 3 is 1.67 bits per heavy atom. The molecule has 10 amide bonds. The Balaban J connectivity index is 3.36. The lowest BCUT2D eigenvalue weighted by molar-refractivity contribution is -0.140. The van der Waals surface area contributed by atoms with Crippen molar-refractivity contribution in [2.24, 2.45) is 23.7 Å². The first-order chi connectivity index (χ1) is 40.2. The summed E-state index contributed by atoms with van der Waals surface area (Å²) in [6.07, 6.45) is 6.40. The van der Waals surface area contributed by atoms with Crippen molar-refractivity contribution in [2.45, 2.75) is 272 Å². The number of aliphatic hydroxyl groups is 2. The SMILES string of the molecule is CCCCCCC(C)C[C@H](NC(=O)[C@H](C)NC(=O)C(C)(C)NC(=O)[C@H](CC(C)CC(O)CC(=O)CC)NC(=O)[C@@H]1CCCN1C(=O)CCC)C(=O)N[C@@H](CC(C)C)C(=O)NC(C)(C)C(=O)N[C@@H](CC(C)C)C(=O)NCCC(=O)NC(C)CNCCO. The summed E-state index contributed by atoms with van der Waals surface area (Å²) in [5.74, 6) is -6.55. The monoisotopic (exact) mass is 1220 g/mol. The first kappa shape index (κ1) is 78.3. The van der Waals surface area contributed by atoms with Gasteiger partial charge in [-0.15, -0.1) is 0 Å². The number of rotatable bonds is 43. The van der Waals surface area contributed by atoms with E-state index < -0.39 is 101 Å². The van der Waals surface area contributed by atoms with Crippen molar-refractivity contribution in [3.63, 3.8) is 0 Å². The lowest BCUT2D eigenvalue weighted by Crippen LogP contribution is -2.63. The van der Waals surface area contributed by atoms with Crippen LogP contribution in [0.4, 0.5) is 0 Å². The van der Waals surface area contributed by atoms with Crippen molar-refractivity contribution < 1.29 is 63.0 Å². The summed E-state index contributed by atoms with van der Waals surface area (Å²) < 4.78 is 0. The van der Waals surface area contributed by atoms with Gasteiger partial charge in [0.15, 0.2) is 0 Å². The fraction of sp³-hybridized carbons (Fsp3) is 0.823. The van der Waals surface area contributed by atoms with E-state index in [1.807, 2.05) is 41.5 Å². The van der Waals surface area contributed by atoms with Crippen LogP contribution in [0.1, 0.15) is 213 Å². The predicted molar refractivity (Wildman–Crippen MR) is 330 cm³/mol. The van der Waals surface area contributed by atoms with E-state index in [0.717, 1.165) is 32.1 Å². The summed E-state index contributed by atoms with van der Waals surface area (Å²) in [5, 5.41) is 47.6. The molecule has 24 nitrogen and oxygen atoms in total. The minimum atomic E-state index is -1.69. The van der Waals surface area contributed by atoms with E-state index in [9.17, 15) is 57.8 Å². The number of carbonyl (C=O) groups excluding carboxylic acids is 11. The molecule has 0 aliphatic carbocycles. The van der Waals surface area contributed by atoms with Crippen LogP contribution in [0.15, 0.2) is 0 Å². The molecule has 0 aromatic heterocycles. The fourth-order valence-corrected chi connectivity index (χ4v) is 10.2. The van der Waals surface area contributed by atoms with Crippen LogP contribution in [0.25, 0.3) is 0 Å². The predicted octanol–water partition coefficient (Wildman–Crippen LogP) is 2.84. The third kappa shape index (κ3) is 30.2. The average Bonchev–Trinajstić information content (AvgIpc) is 2.80. The highest BCUT2D eigenvalue weighted by Gasteiger charge is 2.40. The molecule has 1 aliphatic heterocycles. The Labute approximate surface area is 513 Å². The number of nitrogens with zero attached hydrogens (tertiary/aromatic N) is 1. The molecule has 0 radical (unpaired) electrons. The van der Waals surface area contributed by atoms with E-state index in [-0.39, 0.29) is 118 Å². The van der Waals surface area contributed by atoms with E-state index in [1.165, 1.54) is 39.5 Å². The first-order valence-corrected chi connectivity index (χ1v) is 31.8. The van der Waals surface area contributed by atoms with Crippen molar-refractivity contribution in [3.05, 3.63) is 0 Å². The molecule has 0 aromatic rings. The van der Waals surface area contributed by atoms with E-state index in [2.05, 4.69) is 60.1 Å². The molecule has 0 spiro atoms. The summed E-state index contributed by atoms with van der Waals surface area (Å²) in [4.78, 5) is 152. The summed E-state index contributed by atoms with van der Waals surface area (Å²) >= 11 is 0. The molecule has 24 heteroatoms. The number of aliphatic hydroxyl groups excluding tert-OH is 2. The number of hydrogen-bond donors (Lipinski definition) is 12. The Morgan fingerprint density at radius 2 is 1.12 bits per heavy atom. The van der Waals surface area contributed by atoms with E-state index in [4.69, 9.17) is 5.11 Å². The molecule has 1 fully saturated rings. The zero-order chi connectivity index (χ0) is 65.5. The first-order valence-electron chi connectivity index (χ1n) is 31.8. The number of hydrogen-bond acceptors (Lipinski definition) is 14. The number of unbranched alkanes of at least 4 members (excludes halogenated alkanes) is 3. The third-order valence-corrected chi connectivity index (χ3v) is 15.2. The molecule has 1 heterocycles. The molecule has 86 heavy (non-hydrogen) atoms. The molecule has 0 bridgehead atoms. The molecule has 1 rings (SSSR count). The Bertz CT molecular complexity index is 2190. The van der Waals surface area contributed by atoms with Crippen LogP contribution in [0.3, 0.4) is 0 Å². The minimum Gasteiger partial charge on any atom is -0.395 e. The van der Waals surface area contributed by atoms with Crippen molar-refractivity contribution >= 4 is 64.9 Å². The maximum absolute atomic E-state index is 14.5. The summed E-state index contributed by atoms with van der Waals surface area (Å²) in [5.41, 5.74) is -3.29. The molecule has 12 N–H and O–H groups in total. The van der Waals surface area contributed by atoms with Crippen molar-refractivity contribution in [3.8, 4) is 0 Å². The van der Waals surface area contributed by atoms with Gasteiger partial charge in [0, 0.05) is 57.9 Å². The second-order valence-corrected chi connectivity index (χ2v) is 25.8. The van der Waals surface area contributed by atoms with Crippen molar-refractivity contribution in [2.75, 3.05) is 32.8 Å². The molecule has 0 saturated carbocycles. The van der Waals surface area contributed by atoms with Gasteiger partial charge in [-0.3, -0.25) is 52.7 Å². The zero-order valence-corrected chi connectivity index (χ0v) is 54.8. The van der Waals surface area contributed by atoms with Gasteiger partial charge >= 0.3 is 0 Å². The lowest BCUT2D eigenvalue weighted by Gasteiger charge is -2.32. The van der Waals surface area contributed by atoms with Gasteiger partial charge in [-0.25, -0.2) is 0 Å². The normalized spacial score (nSPS) is 16.7. The molecule has 4 unspecified atom stereocenters. The number of Topliss-reactive ketones (excluding diaryl/α,β-unsaturated/α-hetero) is 1. The number of ketones is 1. The van der Waals surface area contributed by atoms with Crippen molar-refractivity contribution in [1.82, 2.24) is 58.1 Å². The molecular weight excluding hydrogens is 1110 g/mol. The maximum Gasteiger partial charge on any atom is 0.245 e. The van der Waals surface area contributed by atoms with Crippen LogP contribution in [-0.4, -0.2) is 172 Å². The smallest absolute Gasteiger partial charge is 0.245 e. The van der Waals surface area contributed by atoms with Gasteiger partial charge in [-0.1, -0.05) is 94.4 Å². The molecule has 0 aromatic carbocycles. The largest absolute Gasteiger partial charge is 0.395 e. The molecule has 10 atom stereocenters. The molecule has 1 saturated heterocycles. The van der Waals surface area contributed by atoms with Gasteiger partial charge in [0.25, 0.3) is 0 Å². The van der Waals surface area contributed by atoms with Gasteiger partial charge in [0.05, 0.1) is 12.7 Å². The van der Waals surface area contributed by atoms with Gasteiger partial charge in [0.2, 0.25) is 59.1 Å². The maximum atomic E-state index is 14.5. The third-order valence-electron chi connectivity index (χ3n) is 15.2. The summed E-state index contributed by atoms with van der Waals surface area (Å²) in [6, 6.07) is -6.90. The van der Waals surface area contributed by atoms with E-state index >= 15 is 0 Å². The highest BCUT2D eigenvalue weighted by Crippen LogP contribution is 2.23. The Hall–Kier alpha value is -5.75. The zero-order valence-electron chi connectivity index (χ0n) is 54.8. The fourth-order valence-electron chi connectivity index (χ4n) is 10.2. The van der Waals surface area contributed by atoms with Crippen LogP contribution in [0.2, 0.25) is 0 Å². The van der Waals surface area contributed by atoms with Crippen LogP contribution >= 0.6 is 0 Å².